The van der Waals surface area contributed by atoms with Crippen molar-refractivity contribution >= 4 is 17.5 Å². The van der Waals surface area contributed by atoms with Gasteiger partial charge >= 0.3 is 0 Å². The minimum atomic E-state index is 0.249. The van der Waals surface area contributed by atoms with E-state index in [1.54, 1.807) is 25.0 Å². The standard InChI is InChI=1S/C8H13N3OS/c1-7(12)4-3-5-13-8-10-9-6-11(8)2/h6H,3-5H2,1-2H3. The van der Waals surface area contributed by atoms with E-state index in [-0.39, 0.29) is 5.78 Å². The summed E-state index contributed by atoms with van der Waals surface area (Å²) in [5, 5.41) is 8.59. The molecule has 0 bridgehead atoms. The van der Waals surface area contributed by atoms with E-state index in [1.807, 2.05) is 11.6 Å². The lowest BCUT2D eigenvalue weighted by Gasteiger charge is -1.98. The number of Topliss-reactive ketones (excluding diaryl/α,β-unsaturated/α-hetero) is 1. The summed E-state index contributed by atoms with van der Waals surface area (Å²) in [6.07, 6.45) is 3.24. The Balaban J connectivity index is 2.20. The summed E-state index contributed by atoms with van der Waals surface area (Å²) >= 11 is 1.63. The smallest absolute Gasteiger partial charge is 0.190 e. The van der Waals surface area contributed by atoms with Gasteiger partial charge in [-0.15, -0.1) is 10.2 Å². The van der Waals surface area contributed by atoms with Crippen molar-refractivity contribution in [1.82, 2.24) is 14.8 Å². The second-order valence-corrected chi connectivity index (χ2v) is 3.94. The molecule has 5 heteroatoms. The number of carbonyl (C=O) groups is 1. The fraction of sp³-hybridized carbons (Fsp3) is 0.625. The van der Waals surface area contributed by atoms with E-state index in [0.29, 0.717) is 6.42 Å². The molecular formula is C8H13N3OS. The number of thioether (sulfide) groups is 1. The number of hydrogen-bond donors (Lipinski definition) is 0. The molecule has 1 aromatic rings. The maximum atomic E-state index is 10.6. The lowest BCUT2D eigenvalue weighted by Crippen LogP contribution is -1.93. The van der Waals surface area contributed by atoms with Gasteiger partial charge in [-0.05, 0) is 13.3 Å². The maximum Gasteiger partial charge on any atom is 0.190 e. The van der Waals surface area contributed by atoms with Crippen molar-refractivity contribution in [3.63, 3.8) is 0 Å². The molecule has 0 radical (unpaired) electrons. The molecule has 0 amide bonds. The van der Waals surface area contributed by atoms with E-state index in [1.165, 1.54) is 0 Å². The highest BCUT2D eigenvalue weighted by Gasteiger charge is 2.00. The number of rotatable bonds is 5. The minimum absolute atomic E-state index is 0.249. The third-order valence-corrected chi connectivity index (χ3v) is 2.69. The topological polar surface area (TPSA) is 47.8 Å². The molecule has 0 unspecified atom stereocenters. The first-order valence-electron chi connectivity index (χ1n) is 4.16. The van der Waals surface area contributed by atoms with Gasteiger partial charge in [0.2, 0.25) is 0 Å². The summed E-state index contributed by atoms with van der Waals surface area (Å²) in [6, 6.07) is 0. The number of ketones is 1. The van der Waals surface area contributed by atoms with Gasteiger partial charge in [0.05, 0.1) is 0 Å². The summed E-state index contributed by atoms with van der Waals surface area (Å²) < 4.78 is 1.87. The van der Waals surface area contributed by atoms with Crippen molar-refractivity contribution in [1.29, 1.82) is 0 Å². The third-order valence-electron chi connectivity index (χ3n) is 1.57. The first-order chi connectivity index (χ1) is 6.20. The Morgan fingerprint density at radius 2 is 2.46 bits per heavy atom. The molecule has 0 aliphatic carbocycles. The zero-order valence-electron chi connectivity index (χ0n) is 7.86. The molecule has 1 rings (SSSR count). The molecule has 1 heterocycles. The average Bonchev–Trinajstić information content (AvgIpc) is 2.45. The number of hydrogen-bond acceptors (Lipinski definition) is 4. The highest BCUT2D eigenvalue weighted by Crippen LogP contribution is 2.14. The summed E-state index contributed by atoms with van der Waals surface area (Å²) in [6.45, 7) is 1.62. The van der Waals surface area contributed by atoms with Gasteiger partial charge in [0.25, 0.3) is 0 Å². The number of aryl methyl sites for hydroxylation is 1. The van der Waals surface area contributed by atoms with Crippen LogP contribution in [0.4, 0.5) is 0 Å². The van der Waals surface area contributed by atoms with Crippen LogP contribution in [0.5, 0.6) is 0 Å². The van der Waals surface area contributed by atoms with Crippen molar-refractivity contribution in [3.05, 3.63) is 6.33 Å². The van der Waals surface area contributed by atoms with Crippen molar-refractivity contribution in [3.8, 4) is 0 Å². The normalized spacial score (nSPS) is 10.3. The number of carbonyl (C=O) groups excluding carboxylic acids is 1. The van der Waals surface area contributed by atoms with E-state index in [0.717, 1.165) is 17.3 Å². The van der Waals surface area contributed by atoms with E-state index in [4.69, 9.17) is 0 Å². The van der Waals surface area contributed by atoms with Crippen molar-refractivity contribution in [2.45, 2.75) is 24.9 Å². The van der Waals surface area contributed by atoms with Crippen LogP contribution in [0.2, 0.25) is 0 Å². The number of aromatic nitrogens is 3. The highest BCUT2D eigenvalue weighted by atomic mass is 32.2. The molecule has 0 fully saturated rings. The summed E-state index contributed by atoms with van der Waals surface area (Å²) in [5.74, 6) is 1.17. The molecule has 1 aromatic heterocycles. The van der Waals surface area contributed by atoms with Crippen LogP contribution >= 0.6 is 11.8 Å². The van der Waals surface area contributed by atoms with Crippen LogP contribution in [0, 0.1) is 0 Å². The molecule has 0 aromatic carbocycles. The van der Waals surface area contributed by atoms with Gasteiger partial charge in [0.1, 0.15) is 12.1 Å². The largest absolute Gasteiger partial charge is 0.312 e. The van der Waals surface area contributed by atoms with E-state index >= 15 is 0 Å². The molecule has 0 saturated heterocycles. The maximum absolute atomic E-state index is 10.6. The Morgan fingerprint density at radius 1 is 1.69 bits per heavy atom. The first-order valence-corrected chi connectivity index (χ1v) is 5.15. The van der Waals surface area contributed by atoms with Crippen molar-refractivity contribution < 1.29 is 4.79 Å². The monoisotopic (exact) mass is 199 g/mol. The molecule has 0 saturated carbocycles. The van der Waals surface area contributed by atoms with Gasteiger partial charge in [0.15, 0.2) is 5.16 Å². The Bertz CT molecular complexity index is 285. The van der Waals surface area contributed by atoms with Crippen LogP contribution in [0.1, 0.15) is 19.8 Å². The number of nitrogens with zero attached hydrogens (tertiary/aromatic N) is 3. The fourth-order valence-corrected chi connectivity index (χ4v) is 1.71. The van der Waals surface area contributed by atoms with Gasteiger partial charge in [-0.1, -0.05) is 11.8 Å². The van der Waals surface area contributed by atoms with Crippen LogP contribution in [0.3, 0.4) is 0 Å². The molecule has 0 spiro atoms. The molecule has 0 atom stereocenters. The van der Waals surface area contributed by atoms with Gasteiger partial charge in [-0.25, -0.2) is 0 Å². The van der Waals surface area contributed by atoms with Crippen LogP contribution in [-0.4, -0.2) is 26.3 Å². The molecule has 0 N–H and O–H groups in total. The minimum Gasteiger partial charge on any atom is -0.312 e. The van der Waals surface area contributed by atoms with Gasteiger partial charge in [0, 0.05) is 19.2 Å². The lowest BCUT2D eigenvalue weighted by molar-refractivity contribution is -0.117. The molecule has 0 aliphatic rings. The zero-order valence-corrected chi connectivity index (χ0v) is 8.67. The zero-order chi connectivity index (χ0) is 9.68. The second kappa shape index (κ2) is 5.01. The van der Waals surface area contributed by atoms with E-state index in [9.17, 15) is 4.79 Å². The van der Waals surface area contributed by atoms with Gasteiger partial charge < -0.3 is 9.36 Å². The predicted molar refractivity (Wildman–Crippen MR) is 51.6 cm³/mol. The molecule has 4 nitrogen and oxygen atoms in total. The van der Waals surface area contributed by atoms with E-state index < -0.39 is 0 Å². The van der Waals surface area contributed by atoms with Crippen LogP contribution in [0.25, 0.3) is 0 Å². The van der Waals surface area contributed by atoms with Crippen molar-refractivity contribution in [2.24, 2.45) is 7.05 Å². The SMILES string of the molecule is CC(=O)CCCSc1nncn1C. The second-order valence-electron chi connectivity index (χ2n) is 2.88. The van der Waals surface area contributed by atoms with E-state index in [2.05, 4.69) is 10.2 Å². The Labute approximate surface area is 81.7 Å². The molecule has 0 aliphatic heterocycles. The Morgan fingerprint density at radius 3 is 3.00 bits per heavy atom. The third kappa shape index (κ3) is 3.59. The summed E-state index contributed by atoms with van der Waals surface area (Å²) in [4.78, 5) is 10.6. The highest BCUT2D eigenvalue weighted by molar-refractivity contribution is 7.99. The average molecular weight is 199 g/mol. The molecular weight excluding hydrogens is 186 g/mol. The van der Waals surface area contributed by atoms with Crippen molar-refractivity contribution in [2.75, 3.05) is 5.75 Å². The van der Waals surface area contributed by atoms with Crippen LogP contribution in [0.15, 0.2) is 11.5 Å². The Kier molecular flexibility index (Phi) is 3.95. The lowest BCUT2D eigenvalue weighted by atomic mass is 10.3. The van der Waals surface area contributed by atoms with Gasteiger partial charge in [-0.2, -0.15) is 0 Å². The predicted octanol–water partition coefficient (Wildman–Crippen LogP) is 1.28. The summed E-state index contributed by atoms with van der Waals surface area (Å²) in [7, 11) is 1.91. The van der Waals surface area contributed by atoms with Gasteiger partial charge in [-0.3, -0.25) is 0 Å². The molecule has 13 heavy (non-hydrogen) atoms. The fourth-order valence-electron chi connectivity index (χ4n) is 0.888. The molecule has 72 valence electrons. The Hall–Kier alpha value is -0.840. The first kappa shape index (κ1) is 10.2. The van der Waals surface area contributed by atoms with Crippen LogP contribution < -0.4 is 0 Å². The summed E-state index contributed by atoms with van der Waals surface area (Å²) in [5.41, 5.74) is 0. The van der Waals surface area contributed by atoms with Crippen LogP contribution in [-0.2, 0) is 11.8 Å². The quantitative estimate of drug-likeness (QED) is 0.529.